The van der Waals surface area contributed by atoms with Crippen LogP contribution in [0.1, 0.15) is 68.4 Å². The molecular weight excluding hydrogens is 290 g/mol. The van der Waals surface area contributed by atoms with E-state index in [0.717, 1.165) is 0 Å². The van der Waals surface area contributed by atoms with Crippen molar-refractivity contribution in [3.8, 4) is 11.3 Å². The number of nitrogens with zero attached hydrogens (tertiary/aromatic N) is 1. The van der Waals surface area contributed by atoms with Crippen molar-refractivity contribution in [3.63, 3.8) is 0 Å². The predicted octanol–water partition coefficient (Wildman–Crippen LogP) is 5.45. The number of hydrogen-bond donors (Lipinski definition) is 0. The second-order valence-corrected chi connectivity index (χ2v) is 9.12. The standard InChI is InChI=1S/C23H32N/c1-15-12-21(24(8)14-17(15)3)18-13-20-19(11-16(18)2)22(4,5)9-10-23(20,6)7/h11-14H,9-10H2,1-8H3/q+1. The van der Waals surface area contributed by atoms with Crippen LogP contribution in [0.3, 0.4) is 0 Å². The number of rotatable bonds is 1. The number of benzene rings is 1. The van der Waals surface area contributed by atoms with Crippen LogP contribution >= 0.6 is 0 Å². The van der Waals surface area contributed by atoms with Gasteiger partial charge in [0.1, 0.15) is 7.05 Å². The van der Waals surface area contributed by atoms with Gasteiger partial charge < -0.3 is 0 Å². The first-order valence-corrected chi connectivity index (χ1v) is 9.16. The van der Waals surface area contributed by atoms with Gasteiger partial charge in [-0.25, -0.2) is 4.57 Å². The Labute approximate surface area is 147 Å². The maximum atomic E-state index is 2.48. The SMILES string of the molecule is Cc1cc(-c2cc3c(cc2C)C(C)(C)CCC3(C)C)[n+](C)cc1C. The van der Waals surface area contributed by atoms with Crippen LogP contribution in [0.5, 0.6) is 0 Å². The molecule has 0 spiro atoms. The summed E-state index contributed by atoms with van der Waals surface area (Å²) in [7, 11) is 2.16. The van der Waals surface area contributed by atoms with Crippen molar-refractivity contribution in [1.29, 1.82) is 0 Å². The lowest BCUT2D eigenvalue weighted by Crippen LogP contribution is -2.35. The highest BCUT2D eigenvalue weighted by atomic mass is 14.9. The molecule has 1 heterocycles. The second-order valence-electron chi connectivity index (χ2n) is 9.12. The van der Waals surface area contributed by atoms with Gasteiger partial charge in [-0.1, -0.05) is 33.8 Å². The largest absolute Gasteiger partial charge is 0.212 e. The molecule has 0 fully saturated rings. The molecule has 1 aromatic heterocycles. The zero-order chi connectivity index (χ0) is 17.9. The fourth-order valence-corrected chi connectivity index (χ4v) is 4.15. The quantitative estimate of drug-likeness (QED) is 0.614. The summed E-state index contributed by atoms with van der Waals surface area (Å²) in [4.78, 5) is 0. The molecule has 24 heavy (non-hydrogen) atoms. The number of aryl methyl sites for hydroxylation is 4. The van der Waals surface area contributed by atoms with Crippen LogP contribution in [-0.4, -0.2) is 0 Å². The molecule has 128 valence electrons. The average Bonchev–Trinajstić information content (AvgIpc) is 2.48. The summed E-state index contributed by atoms with van der Waals surface area (Å²) in [5.74, 6) is 0. The highest BCUT2D eigenvalue weighted by molar-refractivity contribution is 5.66. The van der Waals surface area contributed by atoms with E-state index in [1.807, 2.05) is 0 Å². The molecule has 0 saturated carbocycles. The highest BCUT2D eigenvalue weighted by Gasteiger charge is 2.37. The molecule has 0 saturated heterocycles. The summed E-state index contributed by atoms with van der Waals surface area (Å²) in [6.07, 6.45) is 4.77. The normalized spacial score (nSPS) is 18.3. The Morgan fingerprint density at radius 1 is 0.750 bits per heavy atom. The summed E-state index contributed by atoms with van der Waals surface area (Å²) in [6.45, 7) is 16.3. The molecule has 0 unspecified atom stereocenters. The molecule has 0 radical (unpaired) electrons. The van der Waals surface area contributed by atoms with E-state index in [1.165, 1.54) is 46.4 Å². The monoisotopic (exact) mass is 322 g/mol. The van der Waals surface area contributed by atoms with Crippen LogP contribution in [0.4, 0.5) is 0 Å². The van der Waals surface area contributed by atoms with Crippen molar-refractivity contribution in [3.05, 3.63) is 52.2 Å². The zero-order valence-corrected chi connectivity index (χ0v) is 16.7. The fourth-order valence-electron chi connectivity index (χ4n) is 4.15. The predicted molar refractivity (Wildman–Crippen MR) is 103 cm³/mol. The van der Waals surface area contributed by atoms with Crippen molar-refractivity contribution >= 4 is 0 Å². The molecule has 0 atom stereocenters. The Kier molecular flexibility index (Phi) is 3.90. The molecule has 0 bridgehead atoms. The third-order valence-electron chi connectivity index (χ3n) is 6.22. The van der Waals surface area contributed by atoms with Gasteiger partial charge in [-0.15, -0.1) is 0 Å². The Bertz CT molecular complexity index is 809. The lowest BCUT2D eigenvalue weighted by Gasteiger charge is -2.42. The van der Waals surface area contributed by atoms with E-state index in [1.54, 1.807) is 5.56 Å². The molecule has 2 aromatic rings. The van der Waals surface area contributed by atoms with Gasteiger partial charge in [0.2, 0.25) is 5.69 Å². The van der Waals surface area contributed by atoms with Crippen LogP contribution in [0, 0.1) is 20.8 Å². The minimum Gasteiger partial charge on any atom is -0.201 e. The Morgan fingerprint density at radius 2 is 1.29 bits per heavy atom. The van der Waals surface area contributed by atoms with Gasteiger partial charge in [0.25, 0.3) is 0 Å². The molecular formula is C23H32N+. The third-order valence-corrected chi connectivity index (χ3v) is 6.22. The van der Waals surface area contributed by atoms with Crippen LogP contribution in [0.2, 0.25) is 0 Å². The summed E-state index contributed by atoms with van der Waals surface area (Å²) in [5.41, 5.74) is 10.4. The maximum absolute atomic E-state index is 2.48. The van der Waals surface area contributed by atoms with E-state index in [4.69, 9.17) is 0 Å². The van der Waals surface area contributed by atoms with E-state index in [-0.39, 0.29) is 10.8 Å². The minimum absolute atomic E-state index is 0.256. The first-order valence-electron chi connectivity index (χ1n) is 9.16. The Balaban J connectivity index is 2.28. The summed E-state index contributed by atoms with van der Waals surface area (Å²) < 4.78 is 2.28. The zero-order valence-electron chi connectivity index (χ0n) is 16.7. The molecule has 1 nitrogen and oxygen atoms in total. The second kappa shape index (κ2) is 5.44. The van der Waals surface area contributed by atoms with E-state index in [9.17, 15) is 0 Å². The summed E-state index contributed by atoms with van der Waals surface area (Å²) in [5, 5.41) is 0. The Morgan fingerprint density at radius 3 is 1.88 bits per heavy atom. The van der Waals surface area contributed by atoms with Crippen molar-refractivity contribution < 1.29 is 4.57 Å². The topological polar surface area (TPSA) is 3.88 Å². The summed E-state index contributed by atoms with van der Waals surface area (Å²) in [6, 6.07) is 7.28. The first kappa shape index (κ1) is 17.2. The van der Waals surface area contributed by atoms with Crippen molar-refractivity contribution in [1.82, 2.24) is 0 Å². The maximum Gasteiger partial charge on any atom is 0.212 e. The van der Waals surface area contributed by atoms with E-state index in [2.05, 4.69) is 84.5 Å². The van der Waals surface area contributed by atoms with Gasteiger partial charge in [0.05, 0.1) is 0 Å². The van der Waals surface area contributed by atoms with Gasteiger partial charge in [-0.05, 0) is 72.8 Å². The van der Waals surface area contributed by atoms with Gasteiger partial charge >= 0.3 is 0 Å². The molecule has 1 aliphatic carbocycles. The average molecular weight is 323 g/mol. The van der Waals surface area contributed by atoms with Gasteiger partial charge in [-0.3, -0.25) is 0 Å². The molecule has 0 amide bonds. The van der Waals surface area contributed by atoms with E-state index in [0.29, 0.717) is 0 Å². The first-order chi connectivity index (χ1) is 11.0. The molecule has 0 aliphatic heterocycles. The van der Waals surface area contributed by atoms with Crippen molar-refractivity contribution in [2.75, 3.05) is 0 Å². The number of fused-ring (bicyclic) bond motifs is 1. The highest BCUT2D eigenvalue weighted by Crippen LogP contribution is 2.47. The number of pyridine rings is 1. The molecule has 1 heteroatoms. The minimum atomic E-state index is 0.256. The molecule has 1 aromatic carbocycles. The summed E-state index contributed by atoms with van der Waals surface area (Å²) >= 11 is 0. The van der Waals surface area contributed by atoms with Crippen molar-refractivity contribution in [2.24, 2.45) is 7.05 Å². The molecule has 3 rings (SSSR count). The third kappa shape index (κ3) is 2.68. The smallest absolute Gasteiger partial charge is 0.201 e. The van der Waals surface area contributed by atoms with E-state index >= 15 is 0 Å². The van der Waals surface area contributed by atoms with Gasteiger partial charge in [0.15, 0.2) is 6.20 Å². The van der Waals surface area contributed by atoms with E-state index < -0.39 is 0 Å². The van der Waals surface area contributed by atoms with Crippen LogP contribution in [0.15, 0.2) is 24.4 Å². The van der Waals surface area contributed by atoms with Crippen LogP contribution in [-0.2, 0) is 17.9 Å². The molecule has 1 aliphatic rings. The lowest BCUT2D eigenvalue weighted by molar-refractivity contribution is -0.660. The molecule has 0 N–H and O–H groups in total. The van der Waals surface area contributed by atoms with Crippen LogP contribution < -0.4 is 4.57 Å². The van der Waals surface area contributed by atoms with Gasteiger partial charge in [0, 0.05) is 17.2 Å². The number of aromatic nitrogens is 1. The van der Waals surface area contributed by atoms with Crippen LogP contribution in [0.25, 0.3) is 11.3 Å². The fraction of sp³-hybridized carbons (Fsp3) is 0.522. The van der Waals surface area contributed by atoms with Gasteiger partial charge in [-0.2, -0.15) is 0 Å². The Hall–Kier alpha value is -1.63. The number of hydrogen-bond acceptors (Lipinski definition) is 0. The lowest BCUT2D eigenvalue weighted by atomic mass is 9.62. The van der Waals surface area contributed by atoms with Crippen molar-refractivity contribution in [2.45, 2.75) is 72.1 Å².